The van der Waals surface area contributed by atoms with Gasteiger partial charge in [-0.1, -0.05) is 12.1 Å². The lowest BCUT2D eigenvalue weighted by Gasteiger charge is -2.31. The molecule has 9 nitrogen and oxygen atoms in total. The van der Waals surface area contributed by atoms with E-state index >= 15 is 0 Å². The summed E-state index contributed by atoms with van der Waals surface area (Å²) in [6.45, 7) is 1.21. The lowest BCUT2D eigenvalue weighted by atomic mass is 9.97. The zero-order valence-electron chi connectivity index (χ0n) is 17.2. The zero-order chi connectivity index (χ0) is 21.4. The summed E-state index contributed by atoms with van der Waals surface area (Å²) in [5.74, 6) is 0.341. The molecule has 1 saturated heterocycles. The predicted octanol–water partition coefficient (Wildman–Crippen LogP) is 2.55. The third kappa shape index (κ3) is 3.71. The number of methoxy groups -OCH3 is 1. The quantitative estimate of drug-likeness (QED) is 0.583. The highest BCUT2D eigenvalue weighted by atomic mass is 16.5. The minimum Gasteiger partial charge on any atom is -0.469 e. The Morgan fingerprint density at radius 3 is 2.81 bits per heavy atom. The number of ether oxygens (including phenoxy) is 1. The van der Waals surface area contributed by atoms with Crippen LogP contribution in [0.2, 0.25) is 0 Å². The lowest BCUT2D eigenvalue weighted by molar-refractivity contribution is -0.142. The van der Waals surface area contributed by atoms with Gasteiger partial charge in [0.2, 0.25) is 0 Å². The van der Waals surface area contributed by atoms with Gasteiger partial charge in [0.25, 0.3) is 5.91 Å². The van der Waals surface area contributed by atoms with Gasteiger partial charge in [0, 0.05) is 19.0 Å². The molecule has 9 heteroatoms. The van der Waals surface area contributed by atoms with Gasteiger partial charge in [-0.05, 0) is 31.4 Å². The second-order valence-corrected chi connectivity index (χ2v) is 8.01. The number of rotatable bonds is 5. The molecule has 1 aromatic carbocycles. The van der Waals surface area contributed by atoms with E-state index in [9.17, 15) is 9.59 Å². The van der Waals surface area contributed by atoms with Crippen molar-refractivity contribution in [1.29, 1.82) is 0 Å². The first-order valence-electron chi connectivity index (χ1n) is 10.4. The van der Waals surface area contributed by atoms with Gasteiger partial charge in [0.05, 0.1) is 48.3 Å². The molecule has 1 saturated carbocycles. The molecule has 0 radical (unpaired) electrons. The summed E-state index contributed by atoms with van der Waals surface area (Å²) in [4.78, 5) is 33.0. The summed E-state index contributed by atoms with van der Waals surface area (Å²) < 4.78 is 10.6. The maximum atomic E-state index is 13.3. The number of piperidine rings is 1. The average molecular weight is 421 g/mol. The van der Waals surface area contributed by atoms with Crippen LogP contribution in [0, 0.1) is 5.92 Å². The van der Waals surface area contributed by atoms with Crippen molar-refractivity contribution in [1.82, 2.24) is 24.9 Å². The standard InChI is InChI=1S/C22H23N5O4/c1-30-22(29)17-11-16(17)18-13-31-20(25-18)14-5-4-10-26(12-14)21(28)15-6-2-3-7-19(15)27-23-8-9-24-27/h2-3,6-9,13-14,16-17H,4-5,10-12H2,1H3/t14-,16?,17?/m1/s1. The maximum Gasteiger partial charge on any atom is 0.309 e. The molecular weight excluding hydrogens is 398 g/mol. The Kier molecular flexibility index (Phi) is 5.01. The van der Waals surface area contributed by atoms with Crippen molar-refractivity contribution >= 4 is 11.9 Å². The molecule has 1 aliphatic heterocycles. The van der Waals surface area contributed by atoms with E-state index in [-0.39, 0.29) is 29.6 Å². The van der Waals surface area contributed by atoms with Gasteiger partial charge >= 0.3 is 5.97 Å². The molecular formula is C22H23N5O4. The van der Waals surface area contributed by atoms with Crippen LogP contribution in [0.4, 0.5) is 0 Å². The van der Waals surface area contributed by atoms with E-state index < -0.39 is 0 Å². The van der Waals surface area contributed by atoms with E-state index in [1.54, 1.807) is 24.7 Å². The van der Waals surface area contributed by atoms with Gasteiger partial charge in [0.1, 0.15) is 6.26 Å². The van der Waals surface area contributed by atoms with Crippen molar-refractivity contribution in [3.8, 4) is 5.69 Å². The largest absolute Gasteiger partial charge is 0.469 e. The smallest absolute Gasteiger partial charge is 0.309 e. The predicted molar refractivity (Wildman–Crippen MR) is 109 cm³/mol. The Bertz CT molecular complexity index is 1090. The summed E-state index contributed by atoms with van der Waals surface area (Å²) in [6.07, 6.45) is 7.32. The lowest BCUT2D eigenvalue weighted by Crippen LogP contribution is -2.39. The number of amides is 1. The molecule has 160 valence electrons. The number of carbonyl (C=O) groups excluding carboxylic acids is 2. The van der Waals surface area contributed by atoms with Crippen molar-refractivity contribution in [2.45, 2.75) is 31.1 Å². The number of benzene rings is 1. The normalized spacial score (nSPS) is 22.9. The topological polar surface area (TPSA) is 103 Å². The summed E-state index contributed by atoms with van der Waals surface area (Å²) in [7, 11) is 1.40. The molecule has 2 unspecified atom stereocenters. The number of nitrogens with zero attached hydrogens (tertiary/aromatic N) is 5. The van der Waals surface area contributed by atoms with Crippen LogP contribution in [0.5, 0.6) is 0 Å². The number of hydrogen-bond acceptors (Lipinski definition) is 7. The molecule has 0 N–H and O–H groups in total. The maximum absolute atomic E-state index is 13.3. The van der Waals surface area contributed by atoms with Gasteiger partial charge in [-0.25, -0.2) is 4.98 Å². The van der Waals surface area contributed by atoms with Gasteiger partial charge in [-0.2, -0.15) is 15.0 Å². The molecule has 3 atom stereocenters. The number of aromatic nitrogens is 4. The van der Waals surface area contributed by atoms with Crippen molar-refractivity contribution in [2.24, 2.45) is 5.92 Å². The van der Waals surface area contributed by atoms with Gasteiger partial charge < -0.3 is 14.1 Å². The first kappa shape index (κ1) is 19.5. The first-order chi connectivity index (χ1) is 15.2. The first-order valence-corrected chi connectivity index (χ1v) is 10.4. The van der Waals surface area contributed by atoms with Crippen LogP contribution in [0.1, 0.15) is 53.0 Å². The molecule has 2 aliphatic rings. The third-order valence-electron chi connectivity index (χ3n) is 6.04. The number of oxazole rings is 1. The minimum absolute atomic E-state index is 0.0248. The highest BCUT2D eigenvalue weighted by Crippen LogP contribution is 2.48. The van der Waals surface area contributed by atoms with Gasteiger partial charge in [0.15, 0.2) is 5.89 Å². The van der Waals surface area contributed by atoms with Crippen LogP contribution in [0.15, 0.2) is 47.3 Å². The number of esters is 1. The van der Waals surface area contributed by atoms with E-state index in [2.05, 4.69) is 15.2 Å². The Labute approximate surface area is 179 Å². The Balaban J connectivity index is 1.31. The van der Waals surface area contributed by atoms with Crippen molar-refractivity contribution in [3.05, 3.63) is 60.1 Å². The van der Waals surface area contributed by atoms with Crippen molar-refractivity contribution in [3.63, 3.8) is 0 Å². The number of para-hydroxylation sites is 1. The molecule has 5 rings (SSSR count). The van der Waals surface area contributed by atoms with Crippen molar-refractivity contribution < 1.29 is 18.7 Å². The Morgan fingerprint density at radius 2 is 2.00 bits per heavy atom. The van der Waals surface area contributed by atoms with E-state index in [0.29, 0.717) is 30.2 Å². The molecule has 1 amide bonds. The fourth-order valence-electron chi connectivity index (χ4n) is 4.29. The van der Waals surface area contributed by atoms with Crippen LogP contribution < -0.4 is 0 Å². The zero-order valence-corrected chi connectivity index (χ0v) is 17.2. The third-order valence-corrected chi connectivity index (χ3v) is 6.04. The molecule has 3 aromatic rings. The van der Waals surface area contributed by atoms with Crippen LogP contribution in [0.3, 0.4) is 0 Å². The van der Waals surface area contributed by atoms with E-state index in [1.165, 1.54) is 11.9 Å². The van der Waals surface area contributed by atoms with E-state index in [0.717, 1.165) is 25.0 Å². The second kappa shape index (κ2) is 7.98. The fraction of sp³-hybridized carbons (Fsp3) is 0.409. The summed E-state index contributed by atoms with van der Waals surface area (Å²) in [5, 5.41) is 8.33. The SMILES string of the molecule is COC(=O)C1CC1c1coc([C@@H]2CCCN(C(=O)c3ccccc3-n3nccn3)C2)n1. The fourth-order valence-corrected chi connectivity index (χ4v) is 4.29. The van der Waals surface area contributed by atoms with Crippen molar-refractivity contribution in [2.75, 3.05) is 20.2 Å². The Hall–Kier alpha value is -3.49. The van der Waals surface area contributed by atoms with Crippen LogP contribution >= 0.6 is 0 Å². The molecule has 31 heavy (non-hydrogen) atoms. The molecule has 0 spiro atoms. The Morgan fingerprint density at radius 1 is 1.19 bits per heavy atom. The van der Waals surface area contributed by atoms with Crippen LogP contribution in [0.25, 0.3) is 5.69 Å². The number of carbonyl (C=O) groups is 2. The summed E-state index contributed by atoms with van der Waals surface area (Å²) >= 11 is 0. The number of likely N-dealkylation sites (tertiary alicyclic amines) is 1. The highest BCUT2D eigenvalue weighted by Gasteiger charge is 2.47. The van der Waals surface area contributed by atoms with Crippen LogP contribution in [-0.4, -0.2) is 57.0 Å². The highest BCUT2D eigenvalue weighted by molar-refractivity contribution is 5.97. The molecule has 2 fully saturated rings. The van der Waals surface area contributed by atoms with Gasteiger partial charge in [-0.15, -0.1) is 0 Å². The molecule has 2 aromatic heterocycles. The molecule has 0 bridgehead atoms. The minimum atomic E-state index is -0.200. The summed E-state index contributed by atoms with van der Waals surface area (Å²) in [5.41, 5.74) is 2.01. The molecule has 3 heterocycles. The molecule has 1 aliphatic carbocycles. The van der Waals surface area contributed by atoms with E-state index in [4.69, 9.17) is 9.15 Å². The van der Waals surface area contributed by atoms with E-state index in [1.807, 2.05) is 23.1 Å². The van der Waals surface area contributed by atoms with Crippen LogP contribution in [-0.2, 0) is 9.53 Å². The second-order valence-electron chi connectivity index (χ2n) is 8.01. The van der Waals surface area contributed by atoms with Gasteiger partial charge in [-0.3, -0.25) is 9.59 Å². The monoisotopic (exact) mass is 421 g/mol. The summed E-state index contributed by atoms with van der Waals surface area (Å²) in [6, 6.07) is 7.34. The number of hydrogen-bond donors (Lipinski definition) is 0. The average Bonchev–Trinajstić information content (AvgIpc) is 3.20.